The standard InChI is InChI=1S/C22H19ClN4/c1-13(2)20-14(3)17(12-24)21-26-18-6-4-5-7-19(18)27(21)22(20)25-16-10-8-15(23)9-11-16/h4-11,13,25H,1-3H3. The number of imidazole rings is 1. The van der Waals surface area contributed by atoms with Gasteiger partial charge in [0.05, 0.1) is 16.6 Å². The molecule has 2 aromatic carbocycles. The van der Waals surface area contributed by atoms with Crippen molar-refractivity contribution in [1.82, 2.24) is 9.38 Å². The van der Waals surface area contributed by atoms with Gasteiger partial charge in [-0.2, -0.15) is 5.26 Å². The second kappa shape index (κ2) is 6.61. The molecule has 0 saturated carbocycles. The van der Waals surface area contributed by atoms with Gasteiger partial charge < -0.3 is 5.32 Å². The third kappa shape index (κ3) is 2.81. The molecular formula is C22H19ClN4. The Bertz CT molecular complexity index is 1200. The van der Waals surface area contributed by atoms with Crippen molar-refractivity contribution in [3.63, 3.8) is 0 Å². The molecule has 2 heterocycles. The van der Waals surface area contributed by atoms with E-state index in [1.54, 1.807) is 0 Å². The van der Waals surface area contributed by atoms with Crippen LogP contribution in [-0.4, -0.2) is 9.38 Å². The van der Waals surface area contributed by atoms with Gasteiger partial charge in [-0.25, -0.2) is 4.98 Å². The molecule has 0 bridgehead atoms. The van der Waals surface area contributed by atoms with Crippen LogP contribution in [0.3, 0.4) is 0 Å². The summed E-state index contributed by atoms with van der Waals surface area (Å²) in [5.41, 5.74) is 6.15. The number of hydrogen-bond donors (Lipinski definition) is 1. The molecule has 1 N–H and O–H groups in total. The van der Waals surface area contributed by atoms with Gasteiger partial charge in [0, 0.05) is 16.3 Å². The molecule has 0 aliphatic heterocycles. The van der Waals surface area contributed by atoms with Crippen molar-refractivity contribution in [2.24, 2.45) is 0 Å². The number of halogens is 1. The molecule has 5 heteroatoms. The maximum Gasteiger partial charge on any atom is 0.157 e. The van der Waals surface area contributed by atoms with Gasteiger partial charge in [-0.05, 0) is 54.8 Å². The van der Waals surface area contributed by atoms with Crippen LogP contribution in [0.1, 0.15) is 36.5 Å². The normalized spacial score (nSPS) is 11.3. The first kappa shape index (κ1) is 17.4. The van der Waals surface area contributed by atoms with Crippen LogP contribution in [0, 0.1) is 18.3 Å². The molecule has 0 amide bonds. The van der Waals surface area contributed by atoms with E-state index in [2.05, 4.69) is 29.6 Å². The number of fused-ring (bicyclic) bond motifs is 3. The molecule has 2 aromatic heterocycles. The number of nitrogens with zero attached hydrogens (tertiary/aromatic N) is 3. The molecule has 0 aliphatic carbocycles. The lowest BCUT2D eigenvalue weighted by Gasteiger charge is -2.21. The van der Waals surface area contributed by atoms with Crippen molar-refractivity contribution in [3.05, 3.63) is 70.2 Å². The number of aromatic nitrogens is 2. The Hall–Kier alpha value is -3.03. The van der Waals surface area contributed by atoms with Crippen LogP contribution in [0.4, 0.5) is 11.5 Å². The van der Waals surface area contributed by atoms with Gasteiger partial charge in [-0.1, -0.05) is 37.6 Å². The molecule has 4 rings (SSSR count). The summed E-state index contributed by atoms with van der Waals surface area (Å²) in [6.07, 6.45) is 0. The topological polar surface area (TPSA) is 53.1 Å². The molecule has 0 atom stereocenters. The van der Waals surface area contributed by atoms with E-state index < -0.39 is 0 Å². The third-order valence-corrected chi connectivity index (χ3v) is 5.09. The average molecular weight is 375 g/mol. The van der Waals surface area contributed by atoms with Crippen molar-refractivity contribution < 1.29 is 0 Å². The van der Waals surface area contributed by atoms with Crippen LogP contribution < -0.4 is 5.32 Å². The predicted molar refractivity (Wildman–Crippen MR) is 111 cm³/mol. The average Bonchev–Trinajstić information content (AvgIpc) is 3.02. The zero-order chi connectivity index (χ0) is 19.1. The molecule has 0 unspecified atom stereocenters. The molecule has 4 aromatic rings. The second-order valence-electron chi connectivity index (χ2n) is 6.92. The summed E-state index contributed by atoms with van der Waals surface area (Å²) in [5, 5.41) is 14.1. The van der Waals surface area contributed by atoms with E-state index >= 15 is 0 Å². The number of nitriles is 1. The monoisotopic (exact) mass is 374 g/mol. The molecule has 27 heavy (non-hydrogen) atoms. The number of pyridine rings is 1. The lowest BCUT2D eigenvalue weighted by molar-refractivity contribution is 0.848. The zero-order valence-corrected chi connectivity index (χ0v) is 16.2. The second-order valence-corrected chi connectivity index (χ2v) is 7.36. The zero-order valence-electron chi connectivity index (χ0n) is 15.4. The van der Waals surface area contributed by atoms with E-state index in [0.717, 1.165) is 33.7 Å². The van der Waals surface area contributed by atoms with Gasteiger partial charge >= 0.3 is 0 Å². The van der Waals surface area contributed by atoms with Crippen LogP contribution in [0.25, 0.3) is 16.7 Å². The lowest BCUT2D eigenvalue weighted by atomic mass is 9.95. The first-order chi connectivity index (χ1) is 13.0. The van der Waals surface area contributed by atoms with Crippen LogP contribution in [-0.2, 0) is 0 Å². The van der Waals surface area contributed by atoms with Crippen molar-refractivity contribution >= 4 is 39.8 Å². The van der Waals surface area contributed by atoms with Gasteiger partial charge in [0.15, 0.2) is 5.65 Å². The van der Waals surface area contributed by atoms with Gasteiger partial charge in [-0.15, -0.1) is 0 Å². The summed E-state index contributed by atoms with van der Waals surface area (Å²) in [6, 6.07) is 17.9. The fourth-order valence-corrected chi connectivity index (χ4v) is 3.78. The Morgan fingerprint density at radius 2 is 1.81 bits per heavy atom. The highest BCUT2D eigenvalue weighted by atomic mass is 35.5. The molecular weight excluding hydrogens is 356 g/mol. The van der Waals surface area contributed by atoms with E-state index in [1.807, 2.05) is 55.5 Å². The van der Waals surface area contributed by atoms with Crippen LogP contribution >= 0.6 is 11.6 Å². The van der Waals surface area contributed by atoms with Crippen LogP contribution in [0.2, 0.25) is 5.02 Å². The minimum Gasteiger partial charge on any atom is -0.341 e. The maximum atomic E-state index is 9.82. The van der Waals surface area contributed by atoms with Crippen molar-refractivity contribution in [2.45, 2.75) is 26.7 Å². The summed E-state index contributed by atoms with van der Waals surface area (Å²) in [4.78, 5) is 4.74. The first-order valence-electron chi connectivity index (χ1n) is 8.87. The number of rotatable bonds is 3. The van der Waals surface area contributed by atoms with E-state index in [-0.39, 0.29) is 5.92 Å². The molecule has 0 aliphatic rings. The molecule has 0 spiro atoms. The summed E-state index contributed by atoms with van der Waals surface area (Å²) < 4.78 is 2.06. The van der Waals surface area contributed by atoms with Crippen molar-refractivity contribution in [3.8, 4) is 6.07 Å². The van der Waals surface area contributed by atoms with Gasteiger partial charge in [-0.3, -0.25) is 4.40 Å². The predicted octanol–water partition coefficient (Wildman–Crippen LogP) is 6.19. The maximum absolute atomic E-state index is 9.82. The Morgan fingerprint density at radius 1 is 1.11 bits per heavy atom. The number of para-hydroxylation sites is 2. The van der Waals surface area contributed by atoms with E-state index in [0.29, 0.717) is 16.2 Å². The molecule has 0 saturated heterocycles. The Balaban J connectivity index is 2.12. The highest BCUT2D eigenvalue weighted by Gasteiger charge is 2.22. The Labute approximate surface area is 163 Å². The fourth-order valence-electron chi connectivity index (χ4n) is 3.65. The SMILES string of the molecule is Cc1c(C(C)C)c(Nc2ccc(Cl)cc2)n2c(nc3ccccc32)c1C#N. The summed E-state index contributed by atoms with van der Waals surface area (Å²) in [5.74, 6) is 1.17. The minimum absolute atomic E-state index is 0.234. The molecule has 4 nitrogen and oxygen atoms in total. The van der Waals surface area contributed by atoms with Crippen molar-refractivity contribution in [2.75, 3.05) is 5.32 Å². The van der Waals surface area contributed by atoms with Gasteiger partial charge in [0.2, 0.25) is 0 Å². The quantitative estimate of drug-likeness (QED) is 0.465. The van der Waals surface area contributed by atoms with E-state index in [1.165, 1.54) is 0 Å². The highest BCUT2D eigenvalue weighted by molar-refractivity contribution is 6.30. The van der Waals surface area contributed by atoms with Crippen molar-refractivity contribution in [1.29, 1.82) is 5.26 Å². The number of hydrogen-bond acceptors (Lipinski definition) is 3. The molecule has 0 radical (unpaired) electrons. The van der Waals surface area contributed by atoms with Gasteiger partial charge in [0.25, 0.3) is 0 Å². The van der Waals surface area contributed by atoms with Crippen LogP contribution in [0.15, 0.2) is 48.5 Å². The summed E-state index contributed by atoms with van der Waals surface area (Å²) in [6.45, 7) is 6.28. The summed E-state index contributed by atoms with van der Waals surface area (Å²) in [7, 11) is 0. The molecule has 0 fully saturated rings. The smallest absolute Gasteiger partial charge is 0.157 e. The largest absolute Gasteiger partial charge is 0.341 e. The third-order valence-electron chi connectivity index (χ3n) is 4.84. The number of benzene rings is 2. The Kier molecular flexibility index (Phi) is 4.25. The van der Waals surface area contributed by atoms with E-state index in [4.69, 9.17) is 16.6 Å². The number of nitrogens with one attached hydrogen (secondary N) is 1. The fraction of sp³-hybridized carbons (Fsp3) is 0.182. The van der Waals surface area contributed by atoms with Gasteiger partial charge in [0.1, 0.15) is 11.9 Å². The summed E-state index contributed by atoms with van der Waals surface area (Å²) >= 11 is 6.04. The lowest BCUT2D eigenvalue weighted by Crippen LogP contribution is -2.09. The Morgan fingerprint density at radius 3 is 2.48 bits per heavy atom. The van der Waals surface area contributed by atoms with Crippen LogP contribution in [0.5, 0.6) is 0 Å². The highest BCUT2D eigenvalue weighted by Crippen LogP contribution is 2.36. The molecule has 134 valence electrons. The van der Waals surface area contributed by atoms with E-state index in [9.17, 15) is 5.26 Å². The minimum atomic E-state index is 0.234. The first-order valence-corrected chi connectivity index (χ1v) is 9.25. The number of anilines is 2.